The minimum atomic E-state index is -0.0192. The number of carbonyl (C=O) groups is 1. The molecule has 5 nitrogen and oxygen atoms in total. The average molecular weight is 301 g/mol. The van der Waals surface area contributed by atoms with Gasteiger partial charge in [-0.3, -0.25) is 4.79 Å². The van der Waals surface area contributed by atoms with Gasteiger partial charge < -0.3 is 9.64 Å². The fraction of sp³-hybridized carbons (Fsp3) is 0.588. The molecule has 0 saturated carbocycles. The number of hydrogen-bond acceptors (Lipinski definition) is 4. The van der Waals surface area contributed by atoms with Crippen LogP contribution in [0.5, 0.6) is 5.88 Å². The molecule has 1 saturated heterocycles. The highest BCUT2D eigenvalue weighted by molar-refractivity contribution is 5.79. The van der Waals surface area contributed by atoms with Crippen LogP contribution in [0.3, 0.4) is 0 Å². The highest BCUT2D eigenvalue weighted by Crippen LogP contribution is 2.22. The number of ether oxygens (including phenoxy) is 1. The first-order valence-electron chi connectivity index (χ1n) is 7.99. The van der Waals surface area contributed by atoms with Crippen molar-refractivity contribution in [2.75, 3.05) is 13.1 Å². The van der Waals surface area contributed by atoms with Gasteiger partial charge in [-0.05, 0) is 18.9 Å². The van der Waals surface area contributed by atoms with Crippen molar-refractivity contribution in [3.8, 4) is 11.9 Å². The van der Waals surface area contributed by atoms with Crippen LogP contribution >= 0.6 is 0 Å². The first-order chi connectivity index (χ1) is 10.7. The number of likely N-dealkylation sites (tertiary alicyclic amines) is 1. The second-order valence-electron chi connectivity index (χ2n) is 5.75. The van der Waals surface area contributed by atoms with Crippen molar-refractivity contribution in [3.63, 3.8) is 0 Å². The highest BCUT2D eigenvalue weighted by Gasteiger charge is 2.35. The van der Waals surface area contributed by atoms with Gasteiger partial charge in [0.05, 0.1) is 24.7 Å². The standard InChI is InChI=1S/C17H23N3O2/c1-3-5-14(6-4-2)17(21)20-11-15(12-20)22-16-9-13(10-18)7-8-19-16/h7-9,14-15H,3-6,11-12H2,1-2H3. The van der Waals surface area contributed by atoms with Crippen molar-refractivity contribution in [3.05, 3.63) is 23.9 Å². The molecule has 0 spiro atoms. The van der Waals surface area contributed by atoms with Crippen molar-refractivity contribution in [2.24, 2.45) is 5.92 Å². The molecule has 0 radical (unpaired) electrons. The molecule has 0 atom stereocenters. The summed E-state index contributed by atoms with van der Waals surface area (Å²) in [7, 11) is 0. The summed E-state index contributed by atoms with van der Waals surface area (Å²) in [6, 6.07) is 5.33. The van der Waals surface area contributed by atoms with E-state index in [1.165, 1.54) is 0 Å². The second-order valence-corrected chi connectivity index (χ2v) is 5.75. The Morgan fingerprint density at radius 1 is 1.45 bits per heavy atom. The number of pyridine rings is 1. The lowest BCUT2D eigenvalue weighted by atomic mass is 9.95. The van der Waals surface area contributed by atoms with Crippen LogP contribution in [-0.2, 0) is 4.79 Å². The van der Waals surface area contributed by atoms with Gasteiger partial charge in [0.1, 0.15) is 6.10 Å². The number of nitrogens with zero attached hydrogens (tertiary/aromatic N) is 3. The van der Waals surface area contributed by atoms with E-state index in [0.717, 1.165) is 25.7 Å². The van der Waals surface area contributed by atoms with Crippen molar-refractivity contribution >= 4 is 5.91 Å². The summed E-state index contributed by atoms with van der Waals surface area (Å²) in [5.74, 6) is 0.855. The van der Waals surface area contributed by atoms with Crippen LogP contribution in [0.4, 0.5) is 0 Å². The van der Waals surface area contributed by atoms with E-state index in [0.29, 0.717) is 24.5 Å². The van der Waals surface area contributed by atoms with Crippen LogP contribution < -0.4 is 4.74 Å². The van der Waals surface area contributed by atoms with E-state index in [-0.39, 0.29) is 17.9 Å². The first kappa shape index (κ1) is 16.3. The van der Waals surface area contributed by atoms with Crippen LogP contribution in [-0.4, -0.2) is 35.0 Å². The molecule has 1 aliphatic heterocycles. The first-order valence-corrected chi connectivity index (χ1v) is 7.99. The molecule has 5 heteroatoms. The molecule has 22 heavy (non-hydrogen) atoms. The van der Waals surface area contributed by atoms with Crippen molar-refractivity contribution < 1.29 is 9.53 Å². The summed E-state index contributed by atoms with van der Waals surface area (Å²) in [5, 5.41) is 8.86. The molecule has 1 fully saturated rings. The highest BCUT2D eigenvalue weighted by atomic mass is 16.5. The lowest BCUT2D eigenvalue weighted by Crippen LogP contribution is -2.57. The van der Waals surface area contributed by atoms with E-state index in [1.807, 2.05) is 4.90 Å². The molecule has 0 aromatic carbocycles. The van der Waals surface area contributed by atoms with E-state index >= 15 is 0 Å². The smallest absolute Gasteiger partial charge is 0.225 e. The quantitative estimate of drug-likeness (QED) is 0.776. The van der Waals surface area contributed by atoms with Gasteiger partial charge in [0.2, 0.25) is 11.8 Å². The molecular formula is C17H23N3O2. The molecular weight excluding hydrogens is 278 g/mol. The van der Waals surface area contributed by atoms with Gasteiger partial charge in [0.15, 0.2) is 0 Å². The minimum absolute atomic E-state index is 0.0192. The summed E-state index contributed by atoms with van der Waals surface area (Å²) < 4.78 is 5.72. The van der Waals surface area contributed by atoms with E-state index in [2.05, 4.69) is 24.9 Å². The zero-order chi connectivity index (χ0) is 15.9. The van der Waals surface area contributed by atoms with E-state index in [1.54, 1.807) is 18.3 Å². The maximum Gasteiger partial charge on any atom is 0.225 e. The van der Waals surface area contributed by atoms with Gasteiger partial charge >= 0.3 is 0 Å². The molecule has 1 aromatic heterocycles. The average Bonchev–Trinajstić information content (AvgIpc) is 2.50. The number of amides is 1. The van der Waals surface area contributed by atoms with Crippen LogP contribution in [0.25, 0.3) is 0 Å². The summed E-state index contributed by atoms with van der Waals surface area (Å²) in [6.07, 6.45) is 5.54. The zero-order valence-corrected chi connectivity index (χ0v) is 13.3. The van der Waals surface area contributed by atoms with Crippen LogP contribution in [0.1, 0.15) is 45.1 Å². The third-order valence-electron chi connectivity index (χ3n) is 3.93. The van der Waals surface area contributed by atoms with Crippen molar-refractivity contribution in [1.82, 2.24) is 9.88 Å². The Labute approximate surface area is 131 Å². The Morgan fingerprint density at radius 3 is 2.73 bits per heavy atom. The van der Waals surface area contributed by atoms with Gasteiger partial charge in [-0.1, -0.05) is 26.7 Å². The Morgan fingerprint density at radius 2 is 2.14 bits per heavy atom. The minimum Gasteiger partial charge on any atom is -0.471 e. The fourth-order valence-corrected chi connectivity index (χ4v) is 2.75. The summed E-state index contributed by atoms with van der Waals surface area (Å²) >= 11 is 0. The molecule has 0 unspecified atom stereocenters. The van der Waals surface area contributed by atoms with Gasteiger partial charge in [0, 0.05) is 18.2 Å². The molecule has 1 amide bonds. The third-order valence-corrected chi connectivity index (χ3v) is 3.93. The number of aromatic nitrogens is 1. The predicted octanol–water partition coefficient (Wildman–Crippen LogP) is 2.76. The van der Waals surface area contributed by atoms with E-state index in [4.69, 9.17) is 10.00 Å². The third kappa shape index (κ3) is 3.97. The van der Waals surface area contributed by atoms with E-state index in [9.17, 15) is 4.79 Å². The maximum atomic E-state index is 12.4. The Kier molecular flexibility index (Phi) is 5.76. The molecule has 0 N–H and O–H groups in total. The Bertz CT molecular complexity index is 541. The molecule has 0 aliphatic carbocycles. The van der Waals surface area contributed by atoms with Crippen LogP contribution in [0.2, 0.25) is 0 Å². The zero-order valence-electron chi connectivity index (χ0n) is 13.3. The summed E-state index contributed by atoms with van der Waals surface area (Å²) in [6.45, 7) is 5.46. The lowest BCUT2D eigenvalue weighted by Gasteiger charge is -2.40. The summed E-state index contributed by atoms with van der Waals surface area (Å²) in [5.41, 5.74) is 0.531. The van der Waals surface area contributed by atoms with Gasteiger partial charge in [0.25, 0.3) is 0 Å². The van der Waals surface area contributed by atoms with E-state index < -0.39 is 0 Å². The van der Waals surface area contributed by atoms with Gasteiger partial charge in [-0.15, -0.1) is 0 Å². The second kappa shape index (κ2) is 7.79. The topological polar surface area (TPSA) is 66.2 Å². The Hall–Kier alpha value is -2.09. The molecule has 2 heterocycles. The lowest BCUT2D eigenvalue weighted by molar-refractivity contribution is -0.145. The Balaban J connectivity index is 1.83. The number of nitriles is 1. The SMILES string of the molecule is CCCC(CCC)C(=O)N1CC(Oc2cc(C#N)ccn2)C1. The number of carbonyl (C=O) groups excluding carboxylic acids is 1. The fourth-order valence-electron chi connectivity index (χ4n) is 2.75. The maximum absolute atomic E-state index is 12.4. The molecule has 1 aliphatic rings. The monoisotopic (exact) mass is 301 g/mol. The van der Waals surface area contributed by atoms with Crippen molar-refractivity contribution in [2.45, 2.75) is 45.6 Å². The van der Waals surface area contributed by atoms with Crippen LogP contribution in [0.15, 0.2) is 18.3 Å². The predicted molar refractivity (Wildman–Crippen MR) is 83.3 cm³/mol. The number of hydrogen-bond donors (Lipinski definition) is 0. The molecule has 0 bridgehead atoms. The van der Waals surface area contributed by atoms with Gasteiger partial charge in [-0.25, -0.2) is 4.98 Å². The normalized spacial score (nSPS) is 14.5. The molecule has 118 valence electrons. The van der Waals surface area contributed by atoms with Crippen LogP contribution in [0, 0.1) is 17.2 Å². The largest absolute Gasteiger partial charge is 0.471 e. The summed E-state index contributed by atoms with van der Waals surface area (Å²) in [4.78, 5) is 18.4. The molecule has 2 rings (SSSR count). The number of rotatable bonds is 7. The van der Waals surface area contributed by atoms with Crippen molar-refractivity contribution in [1.29, 1.82) is 5.26 Å². The van der Waals surface area contributed by atoms with Gasteiger partial charge in [-0.2, -0.15) is 5.26 Å². The molecule has 1 aromatic rings.